The van der Waals surface area contributed by atoms with Gasteiger partial charge in [0.2, 0.25) is 5.91 Å². The Morgan fingerprint density at radius 2 is 2.24 bits per heavy atom. The van der Waals surface area contributed by atoms with Crippen molar-refractivity contribution in [1.29, 1.82) is 0 Å². The molecule has 5 N–H and O–H groups in total. The van der Waals surface area contributed by atoms with Crippen LogP contribution in [0.3, 0.4) is 0 Å². The molecule has 4 atom stereocenters. The van der Waals surface area contributed by atoms with Crippen LogP contribution in [0, 0.1) is 0 Å². The van der Waals surface area contributed by atoms with E-state index < -0.39 is 56.3 Å². The molecule has 1 aromatic rings. The molecule has 1 saturated heterocycles. The normalized spacial score (nSPS) is 23.8. The fourth-order valence-electron chi connectivity index (χ4n) is 2.26. The highest BCUT2D eigenvalue weighted by atomic mass is 31.2. The molecule has 1 fully saturated rings. The van der Waals surface area contributed by atoms with E-state index in [0.717, 1.165) is 7.11 Å². The molecule has 0 bridgehead atoms. The lowest BCUT2D eigenvalue weighted by molar-refractivity contribution is -0.146. The highest BCUT2D eigenvalue weighted by Gasteiger charge is 2.35. The average molecular weight is 433 g/mol. The molecule has 1 aliphatic rings. The van der Waals surface area contributed by atoms with E-state index in [-0.39, 0.29) is 19.0 Å². The highest BCUT2D eigenvalue weighted by Crippen LogP contribution is 2.50. The molecule has 0 spiro atoms. The zero-order chi connectivity index (χ0) is 21.6. The molecule has 2 heterocycles. The van der Waals surface area contributed by atoms with Gasteiger partial charge in [-0.15, -0.1) is 0 Å². The summed E-state index contributed by atoms with van der Waals surface area (Å²) in [7, 11) is -2.55. The average Bonchev–Trinajstić information content (AvgIpc) is 2.68. The van der Waals surface area contributed by atoms with Crippen LogP contribution >= 0.6 is 7.60 Å². The third kappa shape index (κ3) is 6.61. The van der Waals surface area contributed by atoms with Crippen molar-refractivity contribution in [2.24, 2.45) is 5.73 Å². The summed E-state index contributed by atoms with van der Waals surface area (Å²) in [5.41, 5.74) is 10.3. The van der Waals surface area contributed by atoms with E-state index in [9.17, 15) is 18.9 Å². The third-order valence-corrected chi connectivity index (χ3v) is 5.43. The number of rotatable bonds is 8. The smallest absolute Gasteiger partial charge is 0.356 e. The van der Waals surface area contributed by atoms with Crippen LogP contribution in [0.1, 0.15) is 6.92 Å². The van der Waals surface area contributed by atoms with Crippen LogP contribution in [0.4, 0.5) is 5.82 Å². The van der Waals surface area contributed by atoms with E-state index in [1.54, 1.807) is 0 Å². The van der Waals surface area contributed by atoms with Crippen LogP contribution in [0.5, 0.6) is 0 Å². The lowest BCUT2D eigenvalue weighted by atomic mass is 10.2. The molecule has 0 aliphatic carbocycles. The minimum Gasteiger partial charge on any atom is -0.467 e. The number of anilines is 1. The second-order valence-electron chi connectivity index (χ2n) is 6.28. The van der Waals surface area contributed by atoms with Crippen LogP contribution in [-0.2, 0) is 39.2 Å². The molecule has 1 aliphatic heterocycles. The number of aromatic nitrogens is 2. The standard InChI is InChI=1S/C15H24N5O8P/c1-9(16)13(21)18-11(14(22)25-2)7-28-29(24)8-26-10(6-27-29)5-20-4-3-12(17)19-15(20)23/h3-4,9-11H,5-8,16H2,1-2H3,(H,18,21)(H2,17,19,23)/t9-,10-,11-,29?/m0/s1. The lowest BCUT2D eigenvalue weighted by Gasteiger charge is -2.30. The summed E-state index contributed by atoms with van der Waals surface area (Å²) in [5, 5.41) is 2.34. The Morgan fingerprint density at radius 3 is 2.79 bits per heavy atom. The quantitative estimate of drug-likeness (QED) is 0.317. The van der Waals surface area contributed by atoms with Gasteiger partial charge in [0, 0.05) is 6.20 Å². The summed E-state index contributed by atoms with van der Waals surface area (Å²) in [6, 6.07) is -0.618. The van der Waals surface area contributed by atoms with Gasteiger partial charge in [0.15, 0.2) is 6.04 Å². The van der Waals surface area contributed by atoms with Crippen LogP contribution < -0.4 is 22.5 Å². The maximum Gasteiger partial charge on any atom is 0.356 e. The molecule has 0 radical (unpaired) electrons. The molecule has 2 rings (SSSR count). The van der Waals surface area contributed by atoms with Crippen molar-refractivity contribution in [2.75, 3.05) is 32.4 Å². The number of methoxy groups -OCH3 is 1. The minimum atomic E-state index is -3.68. The molecular weight excluding hydrogens is 409 g/mol. The van der Waals surface area contributed by atoms with Crippen LogP contribution in [-0.4, -0.2) is 66.3 Å². The van der Waals surface area contributed by atoms with E-state index in [1.165, 1.54) is 23.8 Å². The molecule has 0 saturated carbocycles. The van der Waals surface area contributed by atoms with E-state index in [4.69, 9.17) is 25.3 Å². The zero-order valence-corrected chi connectivity index (χ0v) is 16.9. The van der Waals surface area contributed by atoms with Gasteiger partial charge in [0.25, 0.3) is 0 Å². The molecule has 29 heavy (non-hydrogen) atoms. The number of amides is 1. The first-order valence-electron chi connectivity index (χ1n) is 8.60. The molecule has 1 amide bonds. The summed E-state index contributed by atoms with van der Waals surface area (Å²) in [5.74, 6) is -1.30. The van der Waals surface area contributed by atoms with Gasteiger partial charge in [-0.3, -0.25) is 13.9 Å². The zero-order valence-electron chi connectivity index (χ0n) is 16.0. The van der Waals surface area contributed by atoms with Gasteiger partial charge in [-0.2, -0.15) is 4.98 Å². The molecular formula is C15H24N5O8P. The number of hydrogen-bond donors (Lipinski definition) is 3. The van der Waals surface area contributed by atoms with Crippen LogP contribution in [0.15, 0.2) is 17.1 Å². The number of carbonyl (C=O) groups excluding carboxylic acids is 2. The third-order valence-electron chi connectivity index (χ3n) is 3.88. The van der Waals surface area contributed by atoms with E-state index in [0.29, 0.717) is 0 Å². The molecule has 14 heteroatoms. The molecule has 1 aromatic heterocycles. The Balaban J connectivity index is 1.90. The highest BCUT2D eigenvalue weighted by molar-refractivity contribution is 7.53. The van der Waals surface area contributed by atoms with Gasteiger partial charge in [0.05, 0.1) is 32.9 Å². The van der Waals surface area contributed by atoms with Gasteiger partial charge >= 0.3 is 19.3 Å². The SMILES string of the molecule is COC(=O)[C@H](COP1(=O)CO[C@@H](Cn2ccc(N)nc2=O)CO1)NC(=O)[C@H](C)N. The summed E-state index contributed by atoms with van der Waals surface area (Å²) in [4.78, 5) is 38.9. The maximum atomic E-state index is 12.6. The Hall–Kier alpha value is -2.31. The first-order valence-corrected chi connectivity index (χ1v) is 10.3. The molecule has 1 unspecified atom stereocenters. The second-order valence-corrected chi connectivity index (χ2v) is 8.28. The summed E-state index contributed by atoms with van der Waals surface area (Å²) in [6.07, 6.45) is 0.489. The van der Waals surface area contributed by atoms with E-state index in [1.807, 2.05) is 0 Å². The van der Waals surface area contributed by atoms with E-state index >= 15 is 0 Å². The number of nitrogens with two attached hydrogens (primary N) is 2. The fourth-order valence-corrected chi connectivity index (χ4v) is 3.65. The number of ether oxygens (including phenoxy) is 2. The largest absolute Gasteiger partial charge is 0.467 e. The summed E-state index contributed by atoms with van der Waals surface area (Å²) in [6.45, 7) is 0.967. The number of nitrogens with one attached hydrogen (secondary N) is 1. The molecule has 0 aromatic carbocycles. The number of esters is 1. The first kappa shape index (κ1) is 23.0. The van der Waals surface area contributed by atoms with Gasteiger partial charge in [0.1, 0.15) is 18.3 Å². The van der Waals surface area contributed by atoms with Crippen molar-refractivity contribution in [3.05, 3.63) is 22.7 Å². The van der Waals surface area contributed by atoms with Crippen molar-refractivity contribution in [1.82, 2.24) is 14.9 Å². The van der Waals surface area contributed by atoms with Crippen molar-refractivity contribution >= 4 is 25.3 Å². The number of hydrogen-bond acceptors (Lipinski definition) is 11. The van der Waals surface area contributed by atoms with Crippen LogP contribution in [0.25, 0.3) is 0 Å². The predicted octanol–water partition coefficient (Wildman–Crippen LogP) is -1.59. The Kier molecular flexibility index (Phi) is 7.88. The maximum absolute atomic E-state index is 12.6. The number of nitrogen functional groups attached to an aromatic ring is 1. The van der Waals surface area contributed by atoms with Crippen molar-refractivity contribution in [2.45, 2.75) is 31.7 Å². The van der Waals surface area contributed by atoms with Gasteiger partial charge in [-0.1, -0.05) is 0 Å². The second kappa shape index (κ2) is 9.94. The monoisotopic (exact) mass is 433 g/mol. The van der Waals surface area contributed by atoms with Crippen LogP contribution in [0.2, 0.25) is 0 Å². The van der Waals surface area contributed by atoms with Crippen molar-refractivity contribution in [3.63, 3.8) is 0 Å². The van der Waals surface area contributed by atoms with Gasteiger partial charge in [-0.25, -0.2) is 9.59 Å². The first-order chi connectivity index (χ1) is 13.6. The van der Waals surface area contributed by atoms with Crippen molar-refractivity contribution in [3.8, 4) is 0 Å². The van der Waals surface area contributed by atoms with Gasteiger partial charge < -0.3 is 35.3 Å². The number of nitrogens with zero attached hydrogens (tertiary/aromatic N) is 2. The minimum absolute atomic E-state index is 0.0984. The van der Waals surface area contributed by atoms with Gasteiger partial charge in [-0.05, 0) is 13.0 Å². The van der Waals surface area contributed by atoms with E-state index in [2.05, 4.69) is 15.0 Å². The lowest BCUT2D eigenvalue weighted by Crippen LogP contribution is -2.49. The topological polar surface area (TPSA) is 187 Å². The fraction of sp³-hybridized carbons (Fsp3) is 0.600. The molecule has 13 nitrogen and oxygen atoms in total. The predicted molar refractivity (Wildman–Crippen MR) is 99.8 cm³/mol. The molecule has 162 valence electrons. The summed E-state index contributed by atoms with van der Waals surface area (Å²) < 4.78 is 34.5. The number of carbonyl (C=O) groups is 2. The summed E-state index contributed by atoms with van der Waals surface area (Å²) >= 11 is 0. The Morgan fingerprint density at radius 1 is 1.52 bits per heavy atom. The Bertz CT molecular complexity index is 832. The van der Waals surface area contributed by atoms with Crippen molar-refractivity contribution < 1.29 is 32.7 Å². The Labute approximate surface area is 166 Å².